The Labute approximate surface area is 200 Å². The highest BCUT2D eigenvalue weighted by atomic mass is 31.2. The highest BCUT2D eigenvalue weighted by Gasteiger charge is 2.63. The molecule has 1 N–H and O–H groups in total. The topological polar surface area (TPSA) is 55.8 Å². The summed E-state index contributed by atoms with van der Waals surface area (Å²) in [5.74, 6) is 1.21. The van der Waals surface area contributed by atoms with Gasteiger partial charge in [-0.2, -0.15) is 4.67 Å². The van der Waals surface area contributed by atoms with Gasteiger partial charge in [0.1, 0.15) is 12.2 Å². The van der Waals surface area contributed by atoms with Crippen LogP contribution in [0.1, 0.15) is 76.8 Å². The third-order valence-electron chi connectivity index (χ3n) is 7.72. The van der Waals surface area contributed by atoms with E-state index in [0.717, 1.165) is 24.0 Å². The summed E-state index contributed by atoms with van der Waals surface area (Å²) in [4.78, 5) is 15.3. The Bertz CT molecular complexity index is 906. The lowest BCUT2D eigenvalue weighted by Crippen LogP contribution is -2.62. The van der Waals surface area contributed by atoms with E-state index in [-0.39, 0.29) is 11.6 Å². The van der Waals surface area contributed by atoms with E-state index in [1.165, 1.54) is 6.42 Å². The maximum absolute atomic E-state index is 15.3. The van der Waals surface area contributed by atoms with Gasteiger partial charge in [-0.15, -0.1) is 0 Å². The molecule has 180 valence electrons. The predicted molar refractivity (Wildman–Crippen MR) is 135 cm³/mol. The Morgan fingerprint density at radius 1 is 1.03 bits per heavy atom. The van der Waals surface area contributed by atoms with Gasteiger partial charge in [0.15, 0.2) is 13.5 Å². The summed E-state index contributed by atoms with van der Waals surface area (Å²) in [6.45, 7) is 11.8. The van der Waals surface area contributed by atoms with E-state index in [9.17, 15) is 5.11 Å². The summed E-state index contributed by atoms with van der Waals surface area (Å²) in [5, 5.41) is 11.7. The maximum Gasteiger partial charge on any atom is 0.185 e. The standard InChI is InChI=1S/C28H40NO3P/c1-20(2)19-29-28(4,5)24-17-16-21(3)18-25(24)32-33(29,31)27(23-14-10-7-11-15-23)26(30)22-12-8-6-9-13-22/h6-15,20-21,24-27,30H,16-19H2,1-5H3/t21-,24-,25-,26+,27-,33?/m1/s1. The van der Waals surface area contributed by atoms with E-state index in [4.69, 9.17) is 4.52 Å². The van der Waals surface area contributed by atoms with Gasteiger partial charge in [0.25, 0.3) is 0 Å². The molecule has 4 nitrogen and oxygen atoms in total. The molecule has 0 aromatic heterocycles. The Kier molecular flexibility index (Phi) is 7.34. The van der Waals surface area contributed by atoms with E-state index in [2.05, 4.69) is 39.3 Å². The first-order chi connectivity index (χ1) is 15.6. The van der Waals surface area contributed by atoms with Crippen molar-refractivity contribution in [2.45, 2.75) is 77.3 Å². The maximum atomic E-state index is 15.3. The minimum atomic E-state index is -3.49. The summed E-state index contributed by atoms with van der Waals surface area (Å²) in [5.41, 5.74) is 0.694. The molecule has 0 spiro atoms. The van der Waals surface area contributed by atoms with Crippen molar-refractivity contribution in [2.24, 2.45) is 17.8 Å². The lowest BCUT2D eigenvalue weighted by atomic mass is 9.71. The van der Waals surface area contributed by atoms with Crippen LogP contribution >= 0.6 is 7.87 Å². The number of hydrogen-bond donors (Lipinski definition) is 1. The minimum Gasteiger partial charge on any atom is -0.640 e. The zero-order chi connectivity index (χ0) is 23.8. The van der Waals surface area contributed by atoms with E-state index >= 15 is 4.89 Å². The monoisotopic (exact) mass is 469 g/mol. The van der Waals surface area contributed by atoms with Crippen LogP contribution < -0.4 is 4.89 Å². The Morgan fingerprint density at radius 3 is 2.18 bits per heavy atom. The van der Waals surface area contributed by atoms with Crippen molar-refractivity contribution in [3.8, 4) is 0 Å². The lowest BCUT2D eigenvalue weighted by Gasteiger charge is -2.60. The van der Waals surface area contributed by atoms with Gasteiger partial charge in [-0.05, 0) is 49.7 Å². The van der Waals surface area contributed by atoms with Gasteiger partial charge in [-0.25, -0.2) is 4.52 Å². The SMILES string of the molecule is CC(C)CN1C(C)(C)[C@@H]2CC[C@@H](C)C[C@H]2O[P+]1([O-])[C@H](c1ccccc1)[C@@H](O)c1ccccc1. The molecule has 1 aliphatic carbocycles. The minimum absolute atomic E-state index is 0.0489. The van der Waals surface area contributed by atoms with Crippen molar-refractivity contribution in [3.05, 3.63) is 71.8 Å². The number of aliphatic hydroxyl groups is 1. The van der Waals surface area contributed by atoms with Gasteiger partial charge in [-0.3, -0.25) is 0 Å². The number of rotatable bonds is 6. The molecule has 2 aliphatic rings. The zero-order valence-corrected chi connectivity index (χ0v) is 21.6. The van der Waals surface area contributed by atoms with Crippen molar-refractivity contribution < 1.29 is 14.5 Å². The van der Waals surface area contributed by atoms with Crippen molar-refractivity contribution in [1.29, 1.82) is 0 Å². The van der Waals surface area contributed by atoms with E-state index in [1.54, 1.807) is 0 Å². The second kappa shape index (κ2) is 9.76. The summed E-state index contributed by atoms with van der Waals surface area (Å²) >= 11 is 0. The van der Waals surface area contributed by atoms with Gasteiger partial charge >= 0.3 is 0 Å². The Hall–Kier alpha value is -1.29. The second-order valence-corrected chi connectivity index (χ2v) is 13.5. The molecule has 0 amide bonds. The van der Waals surface area contributed by atoms with Crippen LogP contribution in [0, 0.1) is 17.8 Å². The molecule has 4 rings (SSSR count). The third-order valence-corrected chi connectivity index (χ3v) is 10.9. The Morgan fingerprint density at radius 2 is 1.61 bits per heavy atom. The molecule has 6 atom stereocenters. The van der Waals surface area contributed by atoms with Gasteiger partial charge in [0, 0.05) is 12.5 Å². The molecular weight excluding hydrogens is 429 g/mol. The second-order valence-electron chi connectivity index (χ2n) is 11.1. The highest BCUT2D eigenvalue weighted by Crippen LogP contribution is 2.76. The smallest absolute Gasteiger partial charge is 0.185 e. The van der Waals surface area contributed by atoms with Crippen LogP contribution in [0.2, 0.25) is 0 Å². The van der Waals surface area contributed by atoms with Crippen LogP contribution in [-0.2, 0) is 4.52 Å². The fourth-order valence-corrected chi connectivity index (χ4v) is 9.66. The van der Waals surface area contributed by atoms with Crippen molar-refractivity contribution >= 4 is 7.87 Å². The summed E-state index contributed by atoms with van der Waals surface area (Å²) in [6, 6.07) is 19.5. The van der Waals surface area contributed by atoms with Crippen LogP contribution in [0.4, 0.5) is 0 Å². The predicted octanol–water partition coefficient (Wildman–Crippen LogP) is 6.16. The molecule has 1 saturated carbocycles. The molecule has 2 fully saturated rings. The molecular formula is C28H40NO3P. The zero-order valence-electron chi connectivity index (χ0n) is 20.7. The molecule has 33 heavy (non-hydrogen) atoms. The van der Waals surface area contributed by atoms with Crippen LogP contribution in [0.25, 0.3) is 0 Å². The lowest BCUT2D eigenvalue weighted by molar-refractivity contribution is -0.241. The third kappa shape index (κ3) is 4.79. The van der Waals surface area contributed by atoms with Gasteiger partial charge < -0.3 is 10.00 Å². The molecule has 1 unspecified atom stereocenters. The number of fused-ring (bicyclic) bond motifs is 1. The first-order valence-corrected chi connectivity index (χ1v) is 14.1. The summed E-state index contributed by atoms with van der Waals surface area (Å²) < 4.78 is 8.94. The fourth-order valence-electron chi connectivity index (χ4n) is 6.00. The largest absolute Gasteiger partial charge is 0.640 e. The van der Waals surface area contributed by atoms with Crippen molar-refractivity contribution in [2.75, 3.05) is 6.54 Å². The van der Waals surface area contributed by atoms with Crippen molar-refractivity contribution in [3.63, 3.8) is 0 Å². The quantitative estimate of drug-likeness (QED) is 0.515. The van der Waals surface area contributed by atoms with E-state index in [0.29, 0.717) is 24.3 Å². The number of benzene rings is 2. The number of aliphatic hydroxyl groups excluding tert-OH is 1. The number of hydrogen-bond acceptors (Lipinski definition) is 4. The average Bonchev–Trinajstić information content (AvgIpc) is 2.78. The van der Waals surface area contributed by atoms with Gasteiger partial charge in [-0.1, -0.05) is 87.9 Å². The van der Waals surface area contributed by atoms with Crippen LogP contribution in [0.5, 0.6) is 0 Å². The van der Waals surface area contributed by atoms with E-state index in [1.807, 2.05) is 60.7 Å². The first kappa shape index (κ1) is 24.8. The fraction of sp³-hybridized carbons (Fsp3) is 0.571. The molecule has 0 bridgehead atoms. The molecule has 0 radical (unpaired) electrons. The first-order valence-electron chi connectivity index (χ1n) is 12.5. The molecule has 1 saturated heterocycles. The number of nitrogens with zero attached hydrogens (tertiary/aromatic N) is 1. The Balaban J connectivity index is 1.86. The molecule has 2 aromatic carbocycles. The van der Waals surface area contributed by atoms with Crippen LogP contribution in [0.3, 0.4) is 0 Å². The molecule has 1 heterocycles. The highest BCUT2D eigenvalue weighted by molar-refractivity contribution is 7.62. The van der Waals surface area contributed by atoms with Crippen LogP contribution in [0.15, 0.2) is 60.7 Å². The average molecular weight is 470 g/mol. The van der Waals surface area contributed by atoms with Crippen LogP contribution in [-0.4, -0.2) is 28.0 Å². The molecule has 2 aromatic rings. The van der Waals surface area contributed by atoms with Gasteiger partial charge in [0.2, 0.25) is 0 Å². The van der Waals surface area contributed by atoms with E-state index < -0.39 is 19.6 Å². The molecule has 5 heteroatoms. The van der Waals surface area contributed by atoms with Gasteiger partial charge in [0.05, 0.1) is 5.54 Å². The van der Waals surface area contributed by atoms with Crippen molar-refractivity contribution in [1.82, 2.24) is 4.67 Å². The normalized spacial score (nSPS) is 31.7. The molecule has 1 aliphatic heterocycles. The summed E-state index contributed by atoms with van der Waals surface area (Å²) in [7, 11) is -3.49. The summed E-state index contributed by atoms with van der Waals surface area (Å²) in [6.07, 6.45) is 2.22.